The predicted octanol–water partition coefficient (Wildman–Crippen LogP) is 15.2. The first kappa shape index (κ1) is 33.2. The van der Waals surface area contributed by atoms with Gasteiger partial charge in [-0.3, -0.25) is 0 Å². The molecule has 0 aliphatic carbocycles. The van der Waals surface area contributed by atoms with Gasteiger partial charge >= 0.3 is 0 Å². The van der Waals surface area contributed by atoms with E-state index in [1.54, 1.807) is 11.3 Å². The van der Waals surface area contributed by atoms with Crippen molar-refractivity contribution in [1.82, 2.24) is 9.97 Å². The lowest BCUT2D eigenvalue weighted by atomic mass is 9.85. The van der Waals surface area contributed by atoms with Crippen LogP contribution in [0.4, 0.5) is 0 Å². The Bertz CT molecular complexity index is 3230. The van der Waals surface area contributed by atoms with E-state index >= 15 is 0 Å². The lowest BCUT2D eigenvalue weighted by molar-refractivity contribution is 1.24. The van der Waals surface area contributed by atoms with Gasteiger partial charge in [-0.15, -0.1) is 11.3 Å². The highest BCUT2D eigenvalue weighted by molar-refractivity contribution is 7.25. The molecule has 11 aromatic rings. The molecule has 57 heavy (non-hydrogen) atoms. The fourth-order valence-electron chi connectivity index (χ4n) is 8.49. The topological polar surface area (TPSA) is 25.8 Å². The van der Waals surface area contributed by atoms with Gasteiger partial charge in [0, 0.05) is 26.6 Å². The second-order valence-electron chi connectivity index (χ2n) is 14.5. The van der Waals surface area contributed by atoms with Crippen LogP contribution in [0.3, 0.4) is 0 Å². The van der Waals surface area contributed by atoms with Gasteiger partial charge in [-0.05, 0) is 90.3 Å². The molecule has 0 radical (unpaired) electrons. The average molecular weight is 743 g/mol. The summed E-state index contributed by atoms with van der Waals surface area (Å²) in [6, 6.07) is 74.0. The maximum absolute atomic E-state index is 5.40. The molecule has 0 bridgehead atoms. The van der Waals surface area contributed by atoms with E-state index in [4.69, 9.17) is 9.97 Å². The summed E-state index contributed by atoms with van der Waals surface area (Å²) in [6.07, 6.45) is 0. The van der Waals surface area contributed by atoms with Crippen molar-refractivity contribution in [2.75, 3.05) is 0 Å². The molecule has 0 atom stereocenters. The van der Waals surface area contributed by atoms with E-state index in [1.165, 1.54) is 59.4 Å². The van der Waals surface area contributed by atoms with E-state index in [9.17, 15) is 0 Å². The van der Waals surface area contributed by atoms with E-state index < -0.39 is 0 Å². The zero-order valence-electron chi connectivity index (χ0n) is 30.9. The molecule has 0 saturated carbocycles. The van der Waals surface area contributed by atoms with Crippen molar-refractivity contribution in [3.8, 4) is 67.2 Å². The Hall–Kier alpha value is -7.20. The van der Waals surface area contributed by atoms with Crippen LogP contribution in [0.1, 0.15) is 0 Å². The third kappa shape index (κ3) is 5.80. The number of aromatic nitrogens is 2. The van der Waals surface area contributed by atoms with Crippen LogP contribution >= 0.6 is 11.3 Å². The molecular weight excluding hydrogens is 709 g/mol. The zero-order valence-corrected chi connectivity index (χ0v) is 31.7. The van der Waals surface area contributed by atoms with Crippen LogP contribution < -0.4 is 0 Å². The number of hydrogen-bond acceptors (Lipinski definition) is 3. The minimum Gasteiger partial charge on any atom is -0.227 e. The summed E-state index contributed by atoms with van der Waals surface area (Å²) >= 11 is 1.73. The minimum absolute atomic E-state index is 0.723. The zero-order chi connectivity index (χ0) is 37.7. The fraction of sp³-hybridized carbons (Fsp3) is 0. The summed E-state index contributed by atoms with van der Waals surface area (Å²) in [6.45, 7) is 0. The number of hydrogen-bond donors (Lipinski definition) is 0. The number of rotatable bonds is 6. The van der Waals surface area contributed by atoms with Crippen LogP contribution in [0.25, 0.3) is 109 Å². The molecule has 0 aliphatic rings. The number of benzene rings is 9. The number of fused-ring (bicyclic) bond motifs is 5. The summed E-state index contributed by atoms with van der Waals surface area (Å²) in [5, 5.41) is 7.29. The van der Waals surface area contributed by atoms with E-state index in [2.05, 4.69) is 206 Å². The largest absolute Gasteiger partial charge is 0.227 e. The Kier molecular flexibility index (Phi) is 8.04. The van der Waals surface area contributed by atoms with Crippen molar-refractivity contribution in [1.29, 1.82) is 0 Å². The highest BCUT2D eigenvalue weighted by Crippen LogP contribution is 2.45. The molecule has 0 saturated heterocycles. The van der Waals surface area contributed by atoms with Gasteiger partial charge in [0.2, 0.25) is 0 Å². The predicted molar refractivity (Wildman–Crippen MR) is 243 cm³/mol. The molecule has 0 N–H and O–H groups in total. The summed E-state index contributed by atoms with van der Waals surface area (Å²) in [5.41, 5.74) is 12.6. The first-order valence-electron chi connectivity index (χ1n) is 19.3. The van der Waals surface area contributed by atoms with Crippen molar-refractivity contribution in [2.24, 2.45) is 0 Å². The molecule has 0 spiro atoms. The van der Waals surface area contributed by atoms with Crippen LogP contribution in [0, 0.1) is 0 Å². The summed E-state index contributed by atoms with van der Waals surface area (Å²) < 4.78 is 1.21. The molecule has 2 nitrogen and oxygen atoms in total. The number of thiophene rings is 1. The van der Waals surface area contributed by atoms with Crippen molar-refractivity contribution in [3.63, 3.8) is 0 Å². The van der Waals surface area contributed by atoms with Crippen molar-refractivity contribution in [3.05, 3.63) is 206 Å². The summed E-state index contributed by atoms with van der Waals surface area (Å²) in [7, 11) is 0. The highest BCUT2D eigenvalue weighted by Gasteiger charge is 2.19. The third-order valence-electron chi connectivity index (χ3n) is 11.1. The molecule has 2 heterocycles. The van der Waals surface area contributed by atoms with Crippen molar-refractivity contribution < 1.29 is 0 Å². The Morgan fingerprint density at radius 1 is 0.298 bits per heavy atom. The van der Waals surface area contributed by atoms with Gasteiger partial charge in [0.15, 0.2) is 5.82 Å². The molecular formula is C54H34N2S. The summed E-state index contributed by atoms with van der Waals surface area (Å²) in [4.78, 5) is 11.6. The van der Waals surface area contributed by atoms with Gasteiger partial charge in [0.25, 0.3) is 0 Å². The monoisotopic (exact) mass is 742 g/mol. The standard InChI is InChI=1S/C54H34N2S/c1-3-16-35(17-4-1)37-20-14-24-41(33-37)52-51-47-30-11-12-31-48(47)57-54(51)56-53(55-52)42-25-15-22-39(34-42)38-21-13-23-40(32-38)50-45-28-9-7-26-43(45)49(36-18-5-2-6-19-36)44-27-8-10-29-46(44)50/h1-34H. The van der Waals surface area contributed by atoms with E-state index in [1.807, 2.05) is 0 Å². The van der Waals surface area contributed by atoms with E-state index in [0.29, 0.717) is 0 Å². The molecule has 0 amide bonds. The Balaban J connectivity index is 1.06. The van der Waals surface area contributed by atoms with Gasteiger partial charge in [-0.1, -0.05) is 182 Å². The second kappa shape index (κ2) is 13.8. The van der Waals surface area contributed by atoms with Gasteiger partial charge in [0.05, 0.1) is 5.69 Å². The Labute approximate surface area is 335 Å². The van der Waals surface area contributed by atoms with E-state index in [0.717, 1.165) is 49.6 Å². The summed E-state index contributed by atoms with van der Waals surface area (Å²) in [5.74, 6) is 0.723. The lowest BCUT2D eigenvalue weighted by Gasteiger charge is -2.18. The molecule has 2 aromatic heterocycles. The van der Waals surface area contributed by atoms with E-state index in [-0.39, 0.29) is 0 Å². The molecule has 3 heteroatoms. The van der Waals surface area contributed by atoms with Gasteiger partial charge in [0.1, 0.15) is 4.83 Å². The normalized spacial score (nSPS) is 11.5. The molecule has 0 aliphatic heterocycles. The third-order valence-corrected chi connectivity index (χ3v) is 12.1. The first-order valence-corrected chi connectivity index (χ1v) is 20.1. The van der Waals surface area contributed by atoms with Crippen LogP contribution in [-0.2, 0) is 0 Å². The van der Waals surface area contributed by atoms with Crippen molar-refractivity contribution in [2.45, 2.75) is 0 Å². The maximum atomic E-state index is 5.40. The number of nitrogens with zero attached hydrogens (tertiary/aromatic N) is 2. The quantitative estimate of drug-likeness (QED) is 0.159. The Morgan fingerprint density at radius 2 is 0.719 bits per heavy atom. The molecule has 0 fully saturated rings. The van der Waals surface area contributed by atoms with Crippen LogP contribution in [-0.4, -0.2) is 9.97 Å². The van der Waals surface area contributed by atoms with Crippen molar-refractivity contribution >= 4 is 53.2 Å². The first-order chi connectivity index (χ1) is 28.3. The van der Waals surface area contributed by atoms with Gasteiger partial charge < -0.3 is 0 Å². The lowest BCUT2D eigenvalue weighted by Crippen LogP contribution is -1.94. The fourth-order valence-corrected chi connectivity index (χ4v) is 9.56. The second-order valence-corrected chi connectivity index (χ2v) is 15.5. The van der Waals surface area contributed by atoms with Gasteiger partial charge in [-0.2, -0.15) is 0 Å². The van der Waals surface area contributed by atoms with Gasteiger partial charge in [-0.25, -0.2) is 9.97 Å². The van der Waals surface area contributed by atoms with Crippen LogP contribution in [0.2, 0.25) is 0 Å². The Morgan fingerprint density at radius 3 is 1.35 bits per heavy atom. The minimum atomic E-state index is 0.723. The smallest absolute Gasteiger partial charge is 0.161 e. The molecule has 9 aromatic carbocycles. The average Bonchev–Trinajstić information content (AvgIpc) is 3.67. The van der Waals surface area contributed by atoms with Crippen LogP contribution in [0.5, 0.6) is 0 Å². The SMILES string of the molecule is c1ccc(-c2cccc(-c3nc(-c4cccc(-c5cccc(-c6c7ccccc7c(-c7ccccc7)c7ccccc67)c5)c4)nc4sc5ccccc5c34)c2)cc1. The maximum Gasteiger partial charge on any atom is 0.161 e. The molecule has 0 unspecified atom stereocenters. The highest BCUT2D eigenvalue weighted by atomic mass is 32.1. The molecule has 11 rings (SSSR count). The van der Waals surface area contributed by atoms with Crippen LogP contribution in [0.15, 0.2) is 206 Å². The molecule has 266 valence electrons.